The third kappa shape index (κ3) is 4.76. The van der Waals surface area contributed by atoms with Crippen LogP contribution in [-0.2, 0) is 14.8 Å². The van der Waals surface area contributed by atoms with E-state index in [1.165, 1.54) is 4.31 Å². The molecule has 0 aromatic heterocycles. The second-order valence-electron chi connectivity index (χ2n) is 8.42. The molecule has 2 aliphatic heterocycles. The number of sulfonamides is 1. The lowest BCUT2D eigenvalue weighted by Gasteiger charge is -2.31. The molecule has 8 heteroatoms. The first-order valence-electron chi connectivity index (χ1n) is 11.1. The second kappa shape index (κ2) is 9.50. The molecule has 1 N–H and O–H groups in total. The van der Waals surface area contributed by atoms with Crippen LogP contribution < -0.4 is 14.8 Å². The predicted octanol–water partition coefficient (Wildman–Crippen LogP) is 3.43. The molecule has 4 rings (SSSR count). The molecular formula is C24H30N2O5S. The van der Waals surface area contributed by atoms with Crippen molar-refractivity contribution in [3.05, 3.63) is 53.6 Å². The Hall–Kier alpha value is -2.58. The highest BCUT2D eigenvalue weighted by Crippen LogP contribution is 2.34. The zero-order chi connectivity index (χ0) is 22.7. The maximum absolute atomic E-state index is 13.2. The molecule has 1 saturated heterocycles. The lowest BCUT2D eigenvalue weighted by Crippen LogP contribution is -2.43. The Morgan fingerprint density at radius 2 is 1.75 bits per heavy atom. The highest BCUT2D eigenvalue weighted by molar-refractivity contribution is 7.89. The van der Waals surface area contributed by atoms with Crippen LogP contribution in [0.3, 0.4) is 0 Å². The van der Waals surface area contributed by atoms with E-state index in [0.29, 0.717) is 50.6 Å². The van der Waals surface area contributed by atoms with Gasteiger partial charge >= 0.3 is 0 Å². The van der Waals surface area contributed by atoms with Crippen molar-refractivity contribution in [1.82, 2.24) is 9.62 Å². The molecule has 1 atom stereocenters. The minimum absolute atomic E-state index is 0.0200. The summed E-state index contributed by atoms with van der Waals surface area (Å²) in [6.07, 6.45) is 1.75. The summed E-state index contributed by atoms with van der Waals surface area (Å²) < 4.78 is 39.0. The van der Waals surface area contributed by atoms with Crippen LogP contribution in [0.25, 0.3) is 0 Å². The number of ether oxygens (including phenoxy) is 2. The number of benzene rings is 2. The van der Waals surface area contributed by atoms with Gasteiger partial charge in [-0.3, -0.25) is 4.79 Å². The Bertz CT molecular complexity index is 1080. The van der Waals surface area contributed by atoms with Crippen LogP contribution in [0.2, 0.25) is 0 Å². The van der Waals surface area contributed by atoms with E-state index in [0.717, 1.165) is 17.5 Å². The number of fused-ring (bicyclic) bond motifs is 1. The van der Waals surface area contributed by atoms with Crippen LogP contribution >= 0.6 is 0 Å². The Morgan fingerprint density at radius 1 is 1.06 bits per heavy atom. The van der Waals surface area contributed by atoms with Crippen molar-refractivity contribution in [2.24, 2.45) is 5.92 Å². The minimum Gasteiger partial charge on any atom is -0.490 e. The maximum atomic E-state index is 13.2. The fraction of sp³-hybridized carbons (Fsp3) is 0.458. The zero-order valence-corrected chi connectivity index (χ0v) is 19.4. The van der Waals surface area contributed by atoms with E-state index in [4.69, 9.17) is 9.47 Å². The van der Waals surface area contributed by atoms with Gasteiger partial charge in [-0.2, -0.15) is 4.31 Å². The van der Waals surface area contributed by atoms with Crippen LogP contribution in [0.15, 0.2) is 47.4 Å². The number of hydrogen-bond donors (Lipinski definition) is 1. The van der Waals surface area contributed by atoms with Crippen LogP contribution in [0.1, 0.15) is 43.4 Å². The van der Waals surface area contributed by atoms with E-state index in [2.05, 4.69) is 5.32 Å². The topological polar surface area (TPSA) is 84.9 Å². The van der Waals surface area contributed by atoms with Crippen molar-refractivity contribution < 1.29 is 22.7 Å². The van der Waals surface area contributed by atoms with Crippen LogP contribution in [-0.4, -0.2) is 44.9 Å². The van der Waals surface area contributed by atoms with Gasteiger partial charge in [0.15, 0.2) is 11.5 Å². The molecular weight excluding hydrogens is 428 g/mol. The SMILES string of the molecule is Cc1ccccc1[C@H](C)NC(=O)C1CCN(S(=O)(=O)c2ccc3c(c2)OCCCO3)CC1. The normalized spacial score (nSPS) is 18.6. The highest BCUT2D eigenvalue weighted by atomic mass is 32.2. The van der Waals surface area contributed by atoms with E-state index < -0.39 is 10.0 Å². The average molecular weight is 459 g/mol. The quantitative estimate of drug-likeness (QED) is 0.742. The standard InChI is InChI=1S/C24H30N2O5S/c1-17-6-3-4-7-21(17)18(2)25-24(27)19-10-12-26(13-11-19)32(28,29)20-8-9-22-23(16-20)31-15-5-14-30-22/h3-4,6-9,16,18-19H,5,10-15H2,1-2H3,(H,25,27)/t18-/m0/s1. The van der Waals surface area contributed by atoms with E-state index in [9.17, 15) is 13.2 Å². The molecule has 172 valence electrons. The fourth-order valence-corrected chi connectivity index (χ4v) is 5.78. The molecule has 32 heavy (non-hydrogen) atoms. The molecule has 1 fully saturated rings. The molecule has 2 aromatic rings. The summed E-state index contributed by atoms with van der Waals surface area (Å²) in [4.78, 5) is 13.0. The average Bonchev–Trinajstić information content (AvgIpc) is 3.04. The van der Waals surface area contributed by atoms with E-state index in [1.54, 1.807) is 18.2 Å². The lowest BCUT2D eigenvalue weighted by molar-refractivity contribution is -0.126. The molecule has 0 saturated carbocycles. The Morgan fingerprint density at radius 3 is 2.47 bits per heavy atom. The lowest BCUT2D eigenvalue weighted by atomic mass is 9.96. The van der Waals surface area contributed by atoms with Gasteiger partial charge in [-0.15, -0.1) is 0 Å². The van der Waals surface area contributed by atoms with Gasteiger partial charge < -0.3 is 14.8 Å². The summed E-state index contributed by atoms with van der Waals surface area (Å²) in [5.41, 5.74) is 2.23. The zero-order valence-electron chi connectivity index (χ0n) is 18.5. The molecule has 2 heterocycles. The number of nitrogens with zero attached hydrogens (tertiary/aromatic N) is 1. The van der Waals surface area contributed by atoms with Gasteiger partial charge in [-0.25, -0.2) is 8.42 Å². The van der Waals surface area contributed by atoms with Crippen molar-refractivity contribution >= 4 is 15.9 Å². The third-order valence-electron chi connectivity index (χ3n) is 6.20. The van der Waals surface area contributed by atoms with Crippen molar-refractivity contribution in [3.63, 3.8) is 0 Å². The molecule has 0 spiro atoms. The van der Waals surface area contributed by atoms with Gasteiger partial charge in [-0.05, 0) is 49.9 Å². The number of hydrogen-bond acceptors (Lipinski definition) is 5. The number of aryl methyl sites for hydroxylation is 1. The first-order valence-corrected chi connectivity index (χ1v) is 12.6. The number of amides is 1. The van der Waals surface area contributed by atoms with Crippen LogP contribution in [0.5, 0.6) is 11.5 Å². The monoisotopic (exact) mass is 458 g/mol. The largest absolute Gasteiger partial charge is 0.490 e. The minimum atomic E-state index is -3.66. The van der Waals surface area contributed by atoms with Crippen LogP contribution in [0.4, 0.5) is 0 Å². The maximum Gasteiger partial charge on any atom is 0.243 e. The Balaban J connectivity index is 1.38. The summed E-state index contributed by atoms with van der Waals surface area (Å²) >= 11 is 0. The molecule has 0 unspecified atom stereocenters. The summed E-state index contributed by atoms with van der Waals surface area (Å²) in [6, 6.07) is 12.7. The summed E-state index contributed by atoms with van der Waals surface area (Å²) in [6.45, 7) is 5.68. The second-order valence-corrected chi connectivity index (χ2v) is 10.4. The molecule has 1 amide bonds. The molecule has 7 nitrogen and oxygen atoms in total. The number of rotatable bonds is 5. The number of carbonyl (C=O) groups is 1. The first kappa shape index (κ1) is 22.6. The molecule has 0 bridgehead atoms. The van der Waals surface area contributed by atoms with Gasteiger partial charge in [-0.1, -0.05) is 24.3 Å². The summed E-state index contributed by atoms with van der Waals surface area (Å²) in [7, 11) is -3.66. The number of carbonyl (C=O) groups excluding carboxylic acids is 1. The van der Waals surface area contributed by atoms with Crippen LogP contribution in [0, 0.1) is 12.8 Å². The molecule has 2 aromatic carbocycles. The number of nitrogens with one attached hydrogen (secondary N) is 1. The molecule has 0 radical (unpaired) electrons. The first-order chi connectivity index (χ1) is 15.4. The van der Waals surface area contributed by atoms with Gasteiger partial charge in [0.2, 0.25) is 15.9 Å². The molecule has 0 aliphatic carbocycles. The van der Waals surface area contributed by atoms with E-state index in [1.807, 2.05) is 38.1 Å². The van der Waals surface area contributed by atoms with Gasteiger partial charge in [0.05, 0.1) is 24.2 Å². The van der Waals surface area contributed by atoms with Gasteiger partial charge in [0, 0.05) is 31.5 Å². The predicted molar refractivity (Wildman–Crippen MR) is 121 cm³/mol. The third-order valence-corrected chi connectivity index (χ3v) is 8.09. The molecule has 2 aliphatic rings. The smallest absolute Gasteiger partial charge is 0.243 e. The van der Waals surface area contributed by atoms with Crippen molar-refractivity contribution in [1.29, 1.82) is 0 Å². The Kier molecular flexibility index (Phi) is 6.71. The highest BCUT2D eigenvalue weighted by Gasteiger charge is 2.33. The number of piperidine rings is 1. The van der Waals surface area contributed by atoms with Crippen molar-refractivity contribution in [2.75, 3.05) is 26.3 Å². The Labute approximate surface area is 189 Å². The summed E-state index contributed by atoms with van der Waals surface area (Å²) in [5.74, 6) is 0.813. The van der Waals surface area contributed by atoms with Crippen molar-refractivity contribution in [2.45, 2.75) is 44.0 Å². The van der Waals surface area contributed by atoms with Crippen molar-refractivity contribution in [3.8, 4) is 11.5 Å². The van der Waals surface area contributed by atoms with E-state index >= 15 is 0 Å². The fourth-order valence-electron chi connectivity index (χ4n) is 4.29. The van der Waals surface area contributed by atoms with Gasteiger partial charge in [0.1, 0.15) is 0 Å². The van der Waals surface area contributed by atoms with E-state index in [-0.39, 0.29) is 22.8 Å². The summed E-state index contributed by atoms with van der Waals surface area (Å²) in [5, 5.41) is 3.09. The van der Waals surface area contributed by atoms with Gasteiger partial charge in [0.25, 0.3) is 0 Å².